The summed E-state index contributed by atoms with van der Waals surface area (Å²) in [5, 5.41) is 5.75. The Morgan fingerprint density at radius 2 is 1.75 bits per heavy atom. The van der Waals surface area contributed by atoms with Gasteiger partial charge in [0.05, 0.1) is 0 Å². The second kappa shape index (κ2) is 8.35. The van der Waals surface area contributed by atoms with E-state index in [-0.39, 0.29) is 17.9 Å². The third-order valence-corrected chi connectivity index (χ3v) is 3.01. The molecular formula is C16H24N2O2. The lowest BCUT2D eigenvalue weighted by Gasteiger charge is -2.13. The van der Waals surface area contributed by atoms with Gasteiger partial charge in [0.2, 0.25) is 5.91 Å². The van der Waals surface area contributed by atoms with E-state index in [9.17, 15) is 9.59 Å². The zero-order valence-electron chi connectivity index (χ0n) is 12.5. The van der Waals surface area contributed by atoms with Crippen LogP contribution in [0.5, 0.6) is 0 Å². The SMILES string of the molecule is CCCC(=O)Nc1ccc(C(=O)N[C@@H](C)CCC)cc1. The number of rotatable bonds is 7. The fraction of sp³-hybridized carbons (Fsp3) is 0.500. The Morgan fingerprint density at radius 1 is 1.10 bits per heavy atom. The molecule has 1 atom stereocenters. The van der Waals surface area contributed by atoms with Crippen LogP contribution in [0.25, 0.3) is 0 Å². The molecule has 0 saturated heterocycles. The van der Waals surface area contributed by atoms with E-state index < -0.39 is 0 Å². The zero-order valence-corrected chi connectivity index (χ0v) is 12.5. The van der Waals surface area contributed by atoms with Crippen molar-refractivity contribution < 1.29 is 9.59 Å². The lowest BCUT2D eigenvalue weighted by molar-refractivity contribution is -0.116. The highest BCUT2D eigenvalue weighted by Gasteiger charge is 2.09. The Hall–Kier alpha value is -1.84. The van der Waals surface area contributed by atoms with Gasteiger partial charge in [0.15, 0.2) is 0 Å². The Labute approximate surface area is 121 Å². The molecule has 0 aliphatic carbocycles. The monoisotopic (exact) mass is 276 g/mol. The van der Waals surface area contributed by atoms with Crippen molar-refractivity contribution in [1.82, 2.24) is 5.32 Å². The van der Waals surface area contributed by atoms with Crippen LogP contribution in [0.2, 0.25) is 0 Å². The molecule has 0 radical (unpaired) electrons. The number of carbonyl (C=O) groups is 2. The van der Waals surface area contributed by atoms with Crippen LogP contribution in [0.15, 0.2) is 24.3 Å². The van der Waals surface area contributed by atoms with Crippen LogP contribution in [0.4, 0.5) is 5.69 Å². The molecule has 110 valence electrons. The van der Waals surface area contributed by atoms with Crippen LogP contribution in [0, 0.1) is 0 Å². The maximum Gasteiger partial charge on any atom is 0.251 e. The lowest BCUT2D eigenvalue weighted by Crippen LogP contribution is -2.32. The summed E-state index contributed by atoms with van der Waals surface area (Å²) in [4.78, 5) is 23.4. The number of nitrogens with one attached hydrogen (secondary N) is 2. The molecule has 2 amide bonds. The number of hydrogen-bond donors (Lipinski definition) is 2. The van der Waals surface area contributed by atoms with Gasteiger partial charge in [-0.3, -0.25) is 9.59 Å². The summed E-state index contributed by atoms with van der Waals surface area (Å²) in [5.74, 6) is -0.0707. The number of carbonyl (C=O) groups excluding carboxylic acids is 2. The molecule has 0 spiro atoms. The molecule has 0 aromatic heterocycles. The molecule has 0 heterocycles. The van der Waals surface area contributed by atoms with Crippen molar-refractivity contribution >= 4 is 17.5 Å². The van der Waals surface area contributed by atoms with Crippen LogP contribution in [-0.4, -0.2) is 17.9 Å². The van der Waals surface area contributed by atoms with Crippen molar-refractivity contribution in [2.24, 2.45) is 0 Å². The summed E-state index contributed by atoms with van der Waals surface area (Å²) in [6.07, 6.45) is 3.35. The van der Waals surface area contributed by atoms with Crippen molar-refractivity contribution in [3.05, 3.63) is 29.8 Å². The highest BCUT2D eigenvalue weighted by molar-refractivity contribution is 5.95. The van der Waals surface area contributed by atoms with Gasteiger partial charge in [-0.15, -0.1) is 0 Å². The Morgan fingerprint density at radius 3 is 2.30 bits per heavy atom. The summed E-state index contributed by atoms with van der Waals surface area (Å²) < 4.78 is 0. The van der Waals surface area contributed by atoms with E-state index in [0.717, 1.165) is 24.9 Å². The molecule has 0 aliphatic heterocycles. The van der Waals surface area contributed by atoms with Gasteiger partial charge >= 0.3 is 0 Å². The van der Waals surface area contributed by atoms with E-state index >= 15 is 0 Å². The molecule has 20 heavy (non-hydrogen) atoms. The topological polar surface area (TPSA) is 58.2 Å². The third-order valence-electron chi connectivity index (χ3n) is 3.01. The first-order chi connectivity index (χ1) is 9.56. The minimum atomic E-state index is -0.0719. The molecule has 0 unspecified atom stereocenters. The average Bonchev–Trinajstić information content (AvgIpc) is 2.39. The molecule has 1 aromatic rings. The van der Waals surface area contributed by atoms with Crippen LogP contribution >= 0.6 is 0 Å². The molecule has 1 rings (SSSR count). The summed E-state index contributed by atoms with van der Waals surface area (Å²) in [6.45, 7) is 6.06. The van der Waals surface area contributed by atoms with Crippen LogP contribution < -0.4 is 10.6 Å². The largest absolute Gasteiger partial charge is 0.350 e. The van der Waals surface area contributed by atoms with Crippen molar-refractivity contribution in [3.63, 3.8) is 0 Å². The van der Waals surface area contributed by atoms with Gasteiger partial charge in [-0.1, -0.05) is 20.3 Å². The minimum absolute atomic E-state index is 0.00118. The maximum absolute atomic E-state index is 12.0. The van der Waals surface area contributed by atoms with E-state index in [1.807, 2.05) is 13.8 Å². The average molecular weight is 276 g/mol. The first-order valence-corrected chi connectivity index (χ1v) is 7.27. The van der Waals surface area contributed by atoms with Crippen molar-refractivity contribution in [3.8, 4) is 0 Å². The van der Waals surface area contributed by atoms with E-state index in [0.29, 0.717) is 12.0 Å². The van der Waals surface area contributed by atoms with Gasteiger partial charge in [-0.2, -0.15) is 0 Å². The number of benzene rings is 1. The Bertz CT molecular complexity index is 440. The zero-order chi connectivity index (χ0) is 15.0. The van der Waals surface area contributed by atoms with Crippen molar-refractivity contribution in [2.45, 2.75) is 52.5 Å². The van der Waals surface area contributed by atoms with Gasteiger partial charge < -0.3 is 10.6 Å². The molecule has 4 heteroatoms. The van der Waals surface area contributed by atoms with Gasteiger partial charge in [-0.25, -0.2) is 0 Å². The van der Waals surface area contributed by atoms with E-state index in [1.54, 1.807) is 24.3 Å². The summed E-state index contributed by atoms with van der Waals surface area (Å²) >= 11 is 0. The molecule has 0 fully saturated rings. The standard InChI is InChI=1S/C16H24N2O2/c1-4-6-12(3)17-16(20)13-8-10-14(11-9-13)18-15(19)7-5-2/h8-12H,4-7H2,1-3H3,(H,17,20)(H,18,19)/t12-/m0/s1. The predicted octanol–water partition coefficient (Wildman–Crippen LogP) is 3.34. The number of amides is 2. The quantitative estimate of drug-likeness (QED) is 0.802. The molecular weight excluding hydrogens is 252 g/mol. The van der Waals surface area contributed by atoms with Gasteiger partial charge in [0.25, 0.3) is 5.91 Å². The Kier molecular flexibility index (Phi) is 6.77. The number of anilines is 1. The lowest BCUT2D eigenvalue weighted by atomic mass is 10.1. The summed E-state index contributed by atoms with van der Waals surface area (Å²) in [5.41, 5.74) is 1.34. The predicted molar refractivity (Wildman–Crippen MR) is 81.8 cm³/mol. The molecule has 2 N–H and O–H groups in total. The molecule has 4 nitrogen and oxygen atoms in total. The van der Waals surface area contributed by atoms with Gasteiger partial charge in [0, 0.05) is 23.7 Å². The molecule has 1 aromatic carbocycles. The van der Waals surface area contributed by atoms with E-state index in [2.05, 4.69) is 17.6 Å². The van der Waals surface area contributed by atoms with Crippen molar-refractivity contribution in [2.75, 3.05) is 5.32 Å². The minimum Gasteiger partial charge on any atom is -0.350 e. The molecule has 0 bridgehead atoms. The molecule has 0 aliphatic rings. The second-order valence-corrected chi connectivity index (χ2v) is 5.04. The van der Waals surface area contributed by atoms with Crippen molar-refractivity contribution in [1.29, 1.82) is 0 Å². The van der Waals surface area contributed by atoms with Gasteiger partial charge in [0.1, 0.15) is 0 Å². The maximum atomic E-state index is 12.0. The van der Waals surface area contributed by atoms with Gasteiger partial charge in [-0.05, 0) is 44.0 Å². The highest BCUT2D eigenvalue weighted by Crippen LogP contribution is 2.10. The molecule has 0 saturated carbocycles. The fourth-order valence-electron chi connectivity index (χ4n) is 1.97. The third kappa shape index (κ3) is 5.43. The van der Waals surface area contributed by atoms with Crippen LogP contribution in [0.3, 0.4) is 0 Å². The normalized spacial score (nSPS) is 11.8. The smallest absolute Gasteiger partial charge is 0.251 e. The van der Waals surface area contributed by atoms with E-state index in [1.165, 1.54) is 0 Å². The van der Waals surface area contributed by atoms with Crippen LogP contribution in [0.1, 0.15) is 56.8 Å². The first kappa shape index (κ1) is 16.2. The Balaban J connectivity index is 2.57. The van der Waals surface area contributed by atoms with Crippen LogP contribution in [-0.2, 0) is 4.79 Å². The second-order valence-electron chi connectivity index (χ2n) is 5.04. The summed E-state index contributed by atoms with van der Waals surface area (Å²) in [7, 11) is 0. The first-order valence-electron chi connectivity index (χ1n) is 7.27. The summed E-state index contributed by atoms with van der Waals surface area (Å²) in [6, 6.07) is 7.15. The number of hydrogen-bond acceptors (Lipinski definition) is 2. The fourth-order valence-corrected chi connectivity index (χ4v) is 1.97. The highest BCUT2D eigenvalue weighted by atomic mass is 16.2. The van der Waals surface area contributed by atoms with E-state index in [4.69, 9.17) is 0 Å².